The van der Waals surface area contributed by atoms with Crippen molar-refractivity contribution in [2.45, 2.75) is 95.8 Å². The summed E-state index contributed by atoms with van der Waals surface area (Å²) in [7, 11) is 1.30. The minimum atomic E-state index is -0.793. The van der Waals surface area contributed by atoms with Gasteiger partial charge in [-0.1, -0.05) is 99.5 Å². The number of rotatable bonds is 15. The Labute approximate surface area is 397 Å². The summed E-state index contributed by atoms with van der Waals surface area (Å²) in [6, 6.07) is 26.6. The summed E-state index contributed by atoms with van der Waals surface area (Å²) in [4.78, 5) is 74.7. The van der Waals surface area contributed by atoms with Crippen LogP contribution in [0.25, 0.3) is 44.2 Å². The van der Waals surface area contributed by atoms with Gasteiger partial charge in [0.25, 0.3) is 0 Å². The summed E-state index contributed by atoms with van der Waals surface area (Å²) in [6.45, 7) is 6.27. The SMILES string of the molecule is COC(=O)N[C@H](C(=O)N1CCC[C@H]1c1ncc(-c2ccc(-c3ccc4c(ccc5nc([C@@H]6C[C@H](COCC7CCC7)CN6C(=O)[C@H](NC(=O)C6CCC6)c6ccccc6)[nH]c54)c3)cc2)[nH]1)C(C)C. The Kier molecular flexibility index (Phi) is 13.0. The molecule has 2 aromatic heterocycles. The van der Waals surface area contributed by atoms with Gasteiger partial charge in [-0.2, -0.15) is 0 Å². The van der Waals surface area contributed by atoms with E-state index < -0.39 is 18.2 Å². The second kappa shape index (κ2) is 19.6. The molecule has 4 amide bonds. The van der Waals surface area contributed by atoms with Crippen molar-refractivity contribution in [1.29, 1.82) is 0 Å². The Morgan fingerprint density at radius 3 is 2.22 bits per heavy atom. The van der Waals surface area contributed by atoms with Gasteiger partial charge in [-0.25, -0.2) is 14.8 Å². The number of fused-ring (bicyclic) bond motifs is 3. The van der Waals surface area contributed by atoms with Gasteiger partial charge >= 0.3 is 6.09 Å². The molecule has 2 saturated heterocycles. The smallest absolute Gasteiger partial charge is 0.407 e. The molecule has 5 atom stereocenters. The predicted molar refractivity (Wildman–Crippen MR) is 260 cm³/mol. The number of imidazole rings is 2. The van der Waals surface area contributed by atoms with E-state index in [1.165, 1.54) is 26.4 Å². The molecule has 0 unspecified atom stereocenters. The molecule has 2 aliphatic carbocycles. The number of ether oxygens (including phenoxy) is 2. The molecule has 4 fully saturated rings. The van der Waals surface area contributed by atoms with E-state index >= 15 is 0 Å². The highest BCUT2D eigenvalue weighted by atomic mass is 16.5. The van der Waals surface area contributed by atoms with Crippen LogP contribution in [-0.4, -0.2) is 93.0 Å². The number of hydrogen-bond acceptors (Lipinski definition) is 8. The van der Waals surface area contributed by atoms with Crippen LogP contribution in [0, 0.1) is 23.7 Å². The van der Waals surface area contributed by atoms with E-state index in [0.29, 0.717) is 32.0 Å². The molecule has 14 nitrogen and oxygen atoms in total. The first-order valence-electron chi connectivity index (χ1n) is 24.6. The second-order valence-corrected chi connectivity index (χ2v) is 19.7. The number of nitrogens with one attached hydrogen (secondary N) is 4. The van der Waals surface area contributed by atoms with Gasteiger partial charge in [-0.15, -0.1) is 0 Å². The highest BCUT2D eigenvalue weighted by Crippen LogP contribution is 2.40. The molecule has 4 N–H and O–H groups in total. The standard InChI is InChI=1S/C54H62N8O6/c1-32(2)46(60-54(66)67-3)52(64)61-25-9-16-44(61)49-55-28-43(57-49)36-19-17-35(18-20-36)39-21-23-41-40(27-39)22-24-42-48(41)58-50(56-42)45-26-34(31-68-30-33-10-7-11-33)29-62(45)53(65)47(37-12-5-4-6-13-37)59-51(63)38-14-8-15-38/h4-6,12-13,17-24,27-28,32-34,38,44-47H,7-11,14-16,25-26,29-31H2,1-3H3,(H,55,57)(H,56,58)(H,59,63)(H,60,66)/t34-,44-,45-,46-,47+/m0/s1. The summed E-state index contributed by atoms with van der Waals surface area (Å²) in [5, 5.41) is 7.98. The third-order valence-corrected chi connectivity index (χ3v) is 14.9. The van der Waals surface area contributed by atoms with Crippen molar-refractivity contribution in [3.05, 3.63) is 108 Å². The summed E-state index contributed by atoms with van der Waals surface area (Å²) in [5.41, 5.74) is 6.51. The number of carbonyl (C=O) groups excluding carboxylic acids is 4. The summed E-state index contributed by atoms with van der Waals surface area (Å²) < 4.78 is 11.1. The van der Waals surface area contributed by atoms with E-state index in [-0.39, 0.29) is 47.6 Å². The van der Waals surface area contributed by atoms with Gasteiger partial charge in [0.2, 0.25) is 17.7 Å². The van der Waals surface area contributed by atoms with Gasteiger partial charge in [0.05, 0.1) is 48.7 Å². The lowest BCUT2D eigenvalue weighted by atomic mass is 9.84. The molecule has 14 heteroatoms. The van der Waals surface area contributed by atoms with Crippen molar-refractivity contribution in [1.82, 2.24) is 40.4 Å². The van der Waals surface area contributed by atoms with Crippen molar-refractivity contribution in [2.75, 3.05) is 33.4 Å². The topological polar surface area (TPSA) is 175 Å². The highest BCUT2D eigenvalue weighted by Gasteiger charge is 2.42. The average Bonchev–Trinajstić information content (AvgIpc) is 4.16. The minimum Gasteiger partial charge on any atom is -0.453 e. The van der Waals surface area contributed by atoms with E-state index in [1.54, 1.807) is 0 Å². The third-order valence-electron chi connectivity index (χ3n) is 14.9. The van der Waals surface area contributed by atoms with Gasteiger partial charge in [-0.05, 0) is 96.6 Å². The van der Waals surface area contributed by atoms with Gasteiger partial charge in [0.1, 0.15) is 23.7 Å². The van der Waals surface area contributed by atoms with Crippen molar-refractivity contribution < 1.29 is 28.7 Å². The fraction of sp³-hybridized carbons (Fsp3) is 0.444. The van der Waals surface area contributed by atoms with E-state index in [9.17, 15) is 19.2 Å². The lowest BCUT2D eigenvalue weighted by molar-refractivity contribution is -0.139. The maximum absolute atomic E-state index is 14.8. The van der Waals surface area contributed by atoms with Crippen LogP contribution in [-0.2, 0) is 23.9 Å². The zero-order valence-corrected chi connectivity index (χ0v) is 39.2. The molecule has 0 bridgehead atoms. The van der Waals surface area contributed by atoms with Gasteiger partial charge in [-0.3, -0.25) is 14.4 Å². The quantitative estimate of drug-likeness (QED) is 0.0789. The molecule has 4 heterocycles. The zero-order valence-electron chi connectivity index (χ0n) is 39.2. The van der Waals surface area contributed by atoms with Crippen LogP contribution < -0.4 is 10.6 Å². The van der Waals surface area contributed by atoms with Crippen LogP contribution in [0.3, 0.4) is 0 Å². The second-order valence-electron chi connectivity index (χ2n) is 19.7. The number of methoxy groups -OCH3 is 1. The molecule has 4 aromatic carbocycles. The Balaban J connectivity index is 0.873. The number of nitrogens with zero attached hydrogens (tertiary/aromatic N) is 4. The molecule has 2 aliphatic heterocycles. The normalized spacial score (nSPS) is 20.6. The summed E-state index contributed by atoms with van der Waals surface area (Å²) >= 11 is 0. The lowest BCUT2D eigenvalue weighted by Gasteiger charge is -2.31. The molecular weight excluding hydrogens is 857 g/mol. The van der Waals surface area contributed by atoms with Crippen LogP contribution in [0.2, 0.25) is 0 Å². The number of amides is 4. The zero-order chi connectivity index (χ0) is 46.9. The minimum absolute atomic E-state index is 0.0476. The molecule has 10 rings (SSSR count). The van der Waals surface area contributed by atoms with Crippen LogP contribution in [0.5, 0.6) is 0 Å². The summed E-state index contributed by atoms with van der Waals surface area (Å²) in [5.74, 6) is 1.75. The molecule has 68 heavy (non-hydrogen) atoms. The molecule has 6 aromatic rings. The Morgan fingerprint density at radius 2 is 1.50 bits per heavy atom. The number of likely N-dealkylation sites (tertiary alicyclic amines) is 2. The number of benzene rings is 4. The first kappa shape index (κ1) is 45.3. The molecule has 0 radical (unpaired) electrons. The van der Waals surface area contributed by atoms with Crippen molar-refractivity contribution in [3.63, 3.8) is 0 Å². The van der Waals surface area contributed by atoms with E-state index in [4.69, 9.17) is 19.4 Å². The molecule has 0 spiro atoms. The number of carbonyl (C=O) groups is 4. The third kappa shape index (κ3) is 9.22. The van der Waals surface area contributed by atoms with E-state index in [1.807, 2.05) is 66.2 Å². The predicted octanol–water partition coefficient (Wildman–Crippen LogP) is 9.18. The monoisotopic (exact) mass is 918 g/mol. The van der Waals surface area contributed by atoms with Crippen LogP contribution >= 0.6 is 0 Å². The largest absolute Gasteiger partial charge is 0.453 e. The first-order chi connectivity index (χ1) is 33.1. The van der Waals surface area contributed by atoms with Crippen molar-refractivity contribution in [2.24, 2.45) is 23.7 Å². The Morgan fingerprint density at radius 1 is 0.750 bits per heavy atom. The van der Waals surface area contributed by atoms with Crippen LogP contribution in [0.1, 0.15) is 107 Å². The number of aromatic nitrogens is 4. The maximum Gasteiger partial charge on any atom is 0.407 e. The summed E-state index contributed by atoms with van der Waals surface area (Å²) in [6.07, 6.45) is 9.98. The van der Waals surface area contributed by atoms with Gasteiger partial charge < -0.3 is 39.9 Å². The van der Waals surface area contributed by atoms with E-state index in [2.05, 4.69) is 69.1 Å². The molecule has 2 saturated carbocycles. The lowest BCUT2D eigenvalue weighted by Crippen LogP contribution is -2.51. The molecular formula is C54H62N8O6. The van der Waals surface area contributed by atoms with Crippen LogP contribution in [0.15, 0.2) is 91.1 Å². The number of alkyl carbamates (subject to hydrolysis) is 1. The Hall–Kier alpha value is -6.54. The van der Waals surface area contributed by atoms with Crippen LogP contribution in [0.4, 0.5) is 4.79 Å². The number of hydrogen-bond donors (Lipinski definition) is 4. The molecule has 354 valence electrons. The number of aromatic amines is 2. The average molecular weight is 919 g/mol. The first-order valence-corrected chi connectivity index (χ1v) is 24.6. The number of H-pyrrole nitrogens is 2. The molecule has 4 aliphatic rings. The highest BCUT2D eigenvalue weighted by molar-refractivity contribution is 6.05. The van der Waals surface area contributed by atoms with E-state index in [0.717, 1.165) is 100 Å². The Bertz CT molecular complexity index is 2780. The maximum atomic E-state index is 14.8. The van der Waals surface area contributed by atoms with Crippen molar-refractivity contribution >= 4 is 45.6 Å². The van der Waals surface area contributed by atoms with Crippen molar-refractivity contribution in [3.8, 4) is 22.4 Å². The van der Waals surface area contributed by atoms with Gasteiger partial charge in [0, 0.05) is 36.9 Å². The van der Waals surface area contributed by atoms with Gasteiger partial charge in [0.15, 0.2) is 0 Å². The fourth-order valence-electron chi connectivity index (χ4n) is 10.5. The fourth-order valence-corrected chi connectivity index (χ4v) is 10.5.